The number of rotatable bonds is 32. The van der Waals surface area contributed by atoms with Crippen molar-refractivity contribution in [2.45, 2.75) is 248 Å². The van der Waals surface area contributed by atoms with E-state index in [2.05, 4.69) is 20.8 Å². The second kappa shape index (κ2) is 21.3. The third-order valence-corrected chi connectivity index (χ3v) is 16.3. The van der Waals surface area contributed by atoms with Crippen LogP contribution in [0.2, 0.25) is 0 Å². The van der Waals surface area contributed by atoms with E-state index in [0.717, 1.165) is 122 Å². The van der Waals surface area contributed by atoms with Gasteiger partial charge in [-0.25, -0.2) is 4.79 Å². The minimum Gasteiger partial charge on any atom is -0.497 e. The number of hydrogen-bond donors (Lipinski definition) is 1. The molecule has 0 spiro atoms. The molecule has 0 radical (unpaired) electrons. The van der Waals surface area contributed by atoms with Crippen molar-refractivity contribution in [3.8, 4) is 0 Å². The van der Waals surface area contributed by atoms with E-state index in [1.54, 1.807) is 6.92 Å². The van der Waals surface area contributed by atoms with E-state index in [0.29, 0.717) is 18.1 Å². The van der Waals surface area contributed by atoms with Gasteiger partial charge in [-0.2, -0.15) is 0 Å². The summed E-state index contributed by atoms with van der Waals surface area (Å²) in [4.78, 5) is 12.7. The molecule has 4 aliphatic carbocycles. The van der Waals surface area contributed by atoms with E-state index in [4.69, 9.17) is 28.4 Å². The Labute approximate surface area is 354 Å². The number of ether oxygens (including phenoxy) is 6. The fourth-order valence-electron chi connectivity index (χ4n) is 12.7. The first kappa shape index (κ1) is 46.3. The molecule has 334 valence electrons. The summed E-state index contributed by atoms with van der Waals surface area (Å²) < 4.78 is 38.7. The lowest BCUT2D eigenvalue weighted by Crippen LogP contribution is -2.65. The average Bonchev–Trinajstić information content (AvgIpc) is 3.15. The molecule has 4 bridgehead atoms. The number of carbonyl (C=O) groups is 1. The number of hydrogen-bond acceptors (Lipinski definition) is 7. The van der Waals surface area contributed by atoms with Gasteiger partial charge in [0.2, 0.25) is 0 Å². The van der Waals surface area contributed by atoms with Crippen LogP contribution in [0, 0.1) is 11.3 Å². The Bertz CT molecular complexity index is 1230. The summed E-state index contributed by atoms with van der Waals surface area (Å²) in [6.07, 6.45) is 34.1. The number of carboxylic acid groups (broad SMARTS) is 1. The third-order valence-electron chi connectivity index (χ3n) is 16.3. The van der Waals surface area contributed by atoms with Gasteiger partial charge in [0.05, 0.1) is 60.0 Å². The van der Waals surface area contributed by atoms with Gasteiger partial charge in [-0.15, -0.1) is 0 Å². The molecule has 7 aliphatic rings. The molecule has 3 aliphatic heterocycles. The third kappa shape index (κ3) is 11.6. The molecular formula is C50H86O8. The minimum atomic E-state index is -0.860. The number of unbranched alkanes of at least 4 members (excludes halogenated alkanes) is 12. The summed E-state index contributed by atoms with van der Waals surface area (Å²) >= 11 is 0. The molecule has 5 unspecified atom stereocenters. The zero-order valence-corrected chi connectivity index (χ0v) is 37.8. The quantitative estimate of drug-likeness (QED) is 0.0408. The van der Waals surface area contributed by atoms with Gasteiger partial charge in [-0.3, -0.25) is 0 Å². The van der Waals surface area contributed by atoms with Crippen LogP contribution in [-0.4, -0.2) is 78.7 Å². The van der Waals surface area contributed by atoms with Crippen molar-refractivity contribution in [2.75, 3.05) is 39.6 Å². The molecular weight excluding hydrogens is 729 g/mol. The van der Waals surface area contributed by atoms with E-state index in [-0.39, 0.29) is 33.4 Å². The molecule has 5 atom stereocenters. The van der Waals surface area contributed by atoms with Crippen LogP contribution in [0.3, 0.4) is 0 Å². The van der Waals surface area contributed by atoms with Crippen LogP contribution in [0.15, 0.2) is 11.3 Å². The predicted molar refractivity (Wildman–Crippen MR) is 231 cm³/mol. The van der Waals surface area contributed by atoms with Crippen molar-refractivity contribution in [2.24, 2.45) is 11.3 Å². The highest BCUT2D eigenvalue weighted by Gasteiger charge is 2.66. The van der Waals surface area contributed by atoms with Crippen molar-refractivity contribution >= 4 is 5.97 Å². The Morgan fingerprint density at radius 3 is 1.29 bits per heavy atom. The molecule has 0 aromatic heterocycles. The smallest absolute Gasteiger partial charge is 0.334 e. The van der Waals surface area contributed by atoms with Crippen LogP contribution >= 0.6 is 0 Å². The normalized spacial score (nSPS) is 35.3. The van der Waals surface area contributed by atoms with Crippen LogP contribution < -0.4 is 0 Å². The molecule has 4 saturated carbocycles. The van der Waals surface area contributed by atoms with Crippen LogP contribution in [0.25, 0.3) is 0 Å². The Kier molecular flexibility index (Phi) is 17.0. The first-order valence-electron chi connectivity index (χ1n) is 24.8. The van der Waals surface area contributed by atoms with Crippen LogP contribution in [-0.2, 0) is 33.2 Å². The monoisotopic (exact) mass is 815 g/mol. The fourth-order valence-corrected chi connectivity index (χ4v) is 12.7. The Balaban J connectivity index is 1.02. The van der Waals surface area contributed by atoms with Crippen molar-refractivity contribution in [1.29, 1.82) is 0 Å². The van der Waals surface area contributed by atoms with Crippen LogP contribution in [0.5, 0.6) is 0 Å². The molecule has 58 heavy (non-hydrogen) atoms. The van der Waals surface area contributed by atoms with Gasteiger partial charge < -0.3 is 33.5 Å². The summed E-state index contributed by atoms with van der Waals surface area (Å²) in [5.74, 6) is 0.334. The van der Waals surface area contributed by atoms with Gasteiger partial charge in [0, 0.05) is 25.0 Å². The summed E-state index contributed by atoms with van der Waals surface area (Å²) in [5.41, 5.74) is -0.00975. The molecule has 8 nitrogen and oxygen atoms in total. The van der Waals surface area contributed by atoms with Gasteiger partial charge in [-0.1, -0.05) is 97.8 Å². The molecule has 3 saturated heterocycles. The summed E-state index contributed by atoms with van der Waals surface area (Å²) in [5, 5.41) is 10.4. The Hall–Kier alpha value is -1.19. The zero-order chi connectivity index (χ0) is 41.0. The van der Waals surface area contributed by atoms with Gasteiger partial charge in [0.1, 0.15) is 5.76 Å². The number of aliphatic carboxylic acids is 1. The standard InChI is InChI=1S/C50H86O8/c1-5-46(26-32-56-46)23-17-11-8-14-20-29-53-43(41(4)44(51)52)45-35-42-36-49(38-45,54-30-21-15-9-12-18-24-47(6-2)27-33-57-47)40-50(37-42,39-45)55-31-22-16-10-13-19-25-48(7-3)28-34-58-48/h42H,5-40H2,1-4H3,(H,51,52). The summed E-state index contributed by atoms with van der Waals surface area (Å²) in [6, 6.07) is 0. The van der Waals surface area contributed by atoms with E-state index in [9.17, 15) is 9.90 Å². The van der Waals surface area contributed by atoms with Crippen LogP contribution in [0.4, 0.5) is 0 Å². The second-order valence-electron chi connectivity index (χ2n) is 20.4. The highest BCUT2D eigenvalue weighted by Crippen LogP contribution is 2.68. The summed E-state index contributed by atoms with van der Waals surface area (Å²) in [6.45, 7) is 13.5. The number of carboxylic acids is 1. The molecule has 0 aromatic rings. The number of allylic oxidation sites excluding steroid dienone is 1. The maximum atomic E-state index is 12.7. The van der Waals surface area contributed by atoms with E-state index in [1.165, 1.54) is 109 Å². The predicted octanol–water partition coefficient (Wildman–Crippen LogP) is 12.6. The van der Waals surface area contributed by atoms with E-state index < -0.39 is 5.97 Å². The molecule has 3 heterocycles. The molecule has 8 heteroatoms. The second-order valence-corrected chi connectivity index (χ2v) is 20.4. The van der Waals surface area contributed by atoms with Crippen molar-refractivity contribution in [3.05, 3.63) is 11.3 Å². The van der Waals surface area contributed by atoms with Crippen molar-refractivity contribution < 1.29 is 38.3 Å². The lowest BCUT2D eigenvalue weighted by molar-refractivity contribution is -0.261. The van der Waals surface area contributed by atoms with Crippen molar-refractivity contribution in [3.63, 3.8) is 0 Å². The minimum absolute atomic E-state index is 0.156. The molecule has 1 N–H and O–H groups in total. The maximum Gasteiger partial charge on any atom is 0.334 e. The fraction of sp³-hybridized carbons (Fsp3) is 0.940. The highest BCUT2D eigenvalue weighted by molar-refractivity contribution is 5.86. The SMILES string of the molecule is CCC1(CCCCCCCOC(=C(C)C(=O)O)C23CC4CC(OCCCCCCCC5(CC)CCO5)(CC(OCCCCCCCC5(CC)CCO5)(C4)C2)C3)CCO1. The Morgan fingerprint density at radius 1 is 0.552 bits per heavy atom. The van der Waals surface area contributed by atoms with Crippen LogP contribution in [0.1, 0.15) is 220 Å². The molecule has 0 amide bonds. The Morgan fingerprint density at radius 2 is 0.931 bits per heavy atom. The van der Waals surface area contributed by atoms with Gasteiger partial charge in [0.15, 0.2) is 0 Å². The highest BCUT2D eigenvalue weighted by atomic mass is 16.5. The van der Waals surface area contributed by atoms with E-state index >= 15 is 0 Å². The van der Waals surface area contributed by atoms with Gasteiger partial charge >= 0.3 is 5.97 Å². The molecule has 7 fully saturated rings. The van der Waals surface area contributed by atoms with Gasteiger partial charge in [0.25, 0.3) is 0 Å². The topological polar surface area (TPSA) is 92.7 Å². The largest absolute Gasteiger partial charge is 0.497 e. The molecule has 0 aromatic carbocycles. The zero-order valence-electron chi connectivity index (χ0n) is 37.8. The lowest BCUT2D eigenvalue weighted by atomic mass is 9.45. The molecule has 7 rings (SSSR count). The first-order chi connectivity index (χ1) is 28.1. The average molecular weight is 815 g/mol. The lowest BCUT2D eigenvalue weighted by Gasteiger charge is -2.66. The maximum absolute atomic E-state index is 12.7. The first-order valence-corrected chi connectivity index (χ1v) is 24.8. The van der Waals surface area contributed by atoms with Crippen molar-refractivity contribution in [1.82, 2.24) is 0 Å². The van der Waals surface area contributed by atoms with Gasteiger partial charge in [-0.05, 0) is 122 Å². The van der Waals surface area contributed by atoms with E-state index in [1.807, 2.05) is 0 Å². The summed E-state index contributed by atoms with van der Waals surface area (Å²) in [7, 11) is 0.